The molecule has 108 valence electrons. The van der Waals surface area contributed by atoms with Gasteiger partial charge < -0.3 is 9.87 Å². The molecule has 0 aromatic heterocycles. The van der Waals surface area contributed by atoms with Gasteiger partial charge in [0.05, 0.1) is 0 Å². The minimum Gasteiger partial charge on any atom is -0.308 e. The third-order valence-corrected chi connectivity index (χ3v) is 3.52. The van der Waals surface area contributed by atoms with Crippen LogP contribution < -0.4 is 5.32 Å². The third-order valence-electron chi connectivity index (χ3n) is 2.80. The number of hydrogen-bond donors (Lipinski definition) is 2. The van der Waals surface area contributed by atoms with E-state index in [4.69, 9.17) is 4.55 Å². The second-order valence-corrected chi connectivity index (χ2v) is 5.79. The monoisotopic (exact) mass is 295 g/mol. The zero-order chi connectivity index (χ0) is 14.7. The smallest absolute Gasteiger partial charge is 0.308 e. The van der Waals surface area contributed by atoms with Gasteiger partial charge in [-0.25, -0.2) is 8.60 Å². The molecule has 0 spiro atoms. The van der Waals surface area contributed by atoms with Gasteiger partial charge in [-0.15, -0.1) is 0 Å². The fourth-order valence-electron chi connectivity index (χ4n) is 1.58. The molecule has 0 fully saturated rings. The summed E-state index contributed by atoms with van der Waals surface area (Å²) in [7, 11) is 0. The van der Waals surface area contributed by atoms with Crippen LogP contribution in [0.15, 0.2) is 24.3 Å². The fourth-order valence-corrected chi connectivity index (χ4v) is 1.85. The molecule has 7 heteroatoms. The topological polar surface area (TPSA) is 49.3 Å². The van der Waals surface area contributed by atoms with Crippen molar-refractivity contribution in [2.24, 2.45) is 0 Å². The van der Waals surface area contributed by atoms with Gasteiger partial charge in [-0.2, -0.15) is 8.78 Å². The van der Waals surface area contributed by atoms with Gasteiger partial charge in [0, 0.05) is 18.5 Å². The molecule has 0 heterocycles. The second-order valence-electron chi connectivity index (χ2n) is 4.70. The Labute approximate surface area is 112 Å². The van der Waals surface area contributed by atoms with Crippen LogP contribution in [0.25, 0.3) is 0 Å². The van der Waals surface area contributed by atoms with Crippen LogP contribution in [0.3, 0.4) is 0 Å². The minimum atomic E-state index is -3.63. The zero-order valence-corrected chi connectivity index (χ0v) is 11.4. The van der Waals surface area contributed by atoms with Crippen molar-refractivity contribution in [2.75, 3.05) is 6.54 Å². The van der Waals surface area contributed by atoms with E-state index in [0.29, 0.717) is 0 Å². The van der Waals surface area contributed by atoms with E-state index in [1.807, 2.05) is 0 Å². The van der Waals surface area contributed by atoms with E-state index in [9.17, 15) is 17.4 Å². The lowest BCUT2D eigenvalue weighted by molar-refractivity contribution is 0.0779. The highest BCUT2D eigenvalue weighted by Crippen LogP contribution is 2.24. The molecule has 3 nitrogen and oxygen atoms in total. The predicted octanol–water partition coefficient (Wildman–Crippen LogP) is 2.86. The van der Waals surface area contributed by atoms with E-state index in [1.165, 1.54) is 12.1 Å². The molecular weight excluding hydrogens is 279 g/mol. The summed E-state index contributed by atoms with van der Waals surface area (Å²) in [6.45, 7) is 3.38. The minimum absolute atomic E-state index is 0.135. The van der Waals surface area contributed by atoms with Gasteiger partial charge in [0.15, 0.2) is 0 Å². The Balaban J connectivity index is 2.61. The summed E-state index contributed by atoms with van der Waals surface area (Å²) in [5.41, 5.74) is 0.100. The average Bonchev–Trinajstić information content (AvgIpc) is 2.28. The molecule has 0 amide bonds. The summed E-state index contributed by atoms with van der Waals surface area (Å²) in [4.78, 5) is 0. The fraction of sp³-hybridized carbons (Fsp3) is 0.500. The highest BCUT2D eigenvalue weighted by Gasteiger charge is 2.36. The van der Waals surface area contributed by atoms with Crippen LogP contribution in [0.1, 0.15) is 25.8 Å². The number of rotatable bonds is 6. The Morgan fingerprint density at radius 3 is 2.26 bits per heavy atom. The first-order valence-corrected chi connectivity index (χ1v) is 6.76. The Morgan fingerprint density at radius 1 is 1.26 bits per heavy atom. The summed E-state index contributed by atoms with van der Waals surface area (Å²) in [6.07, 6.45) is -0.749. The van der Waals surface area contributed by atoms with E-state index in [2.05, 4.69) is 5.32 Å². The van der Waals surface area contributed by atoms with Crippen molar-refractivity contribution in [3.63, 3.8) is 0 Å². The predicted molar refractivity (Wildman–Crippen MR) is 67.8 cm³/mol. The van der Waals surface area contributed by atoms with Gasteiger partial charge in [-0.1, -0.05) is 12.1 Å². The van der Waals surface area contributed by atoms with Gasteiger partial charge in [0.1, 0.15) is 5.82 Å². The van der Waals surface area contributed by atoms with Gasteiger partial charge in [-0.05, 0) is 31.5 Å². The molecule has 0 saturated heterocycles. The summed E-state index contributed by atoms with van der Waals surface area (Å²) in [5.74, 6) is -0.373. The molecule has 1 unspecified atom stereocenters. The Hall–Kier alpha value is -0.920. The van der Waals surface area contributed by atoms with Crippen LogP contribution >= 0.6 is 0 Å². The SMILES string of the molecule is CC(C)(NCCC(F)(F)S(=O)O)c1ccc(F)cc1. The summed E-state index contributed by atoms with van der Waals surface area (Å²) in [5, 5.41) is -0.775. The average molecular weight is 295 g/mol. The van der Waals surface area contributed by atoms with Crippen LogP contribution in [0.2, 0.25) is 0 Å². The highest BCUT2D eigenvalue weighted by molar-refractivity contribution is 7.80. The summed E-state index contributed by atoms with van der Waals surface area (Å²) < 4.78 is 57.5. The van der Waals surface area contributed by atoms with E-state index in [0.717, 1.165) is 5.56 Å². The number of hydrogen-bond acceptors (Lipinski definition) is 2. The maximum absolute atomic E-state index is 12.9. The first kappa shape index (κ1) is 16.1. The normalized spacial score (nSPS) is 14.4. The lowest BCUT2D eigenvalue weighted by Gasteiger charge is -2.27. The third kappa shape index (κ3) is 4.59. The molecule has 0 aliphatic rings. The first-order chi connectivity index (χ1) is 8.65. The molecule has 0 aliphatic heterocycles. The molecule has 0 bridgehead atoms. The van der Waals surface area contributed by atoms with Crippen molar-refractivity contribution in [3.8, 4) is 0 Å². The second kappa shape index (κ2) is 6.02. The van der Waals surface area contributed by atoms with E-state index in [1.54, 1.807) is 26.0 Å². The molecule has 1 atom stereocenters. The van der Waals surface area contributed by atoms with E-state index < -0.39 is 28.3 Å². The van der Waals surface area contributed by atoms with Crippen LogP contribution in [0.5, 0.6) is 0 Å². The quantitative estimate of drug-likeness (QED) is 0.793. The van der Waals surface area contributed by atoms with Crippen molar-refractivity contribution >= 4 is 11.1 Å². The van der Waals surface area contributed by atoms with Gasteiger partial charge >= 0.3 is 5.25 Å². The van der Waals surface area contributed by atoms with Gasteiger partial charge in [0.25, 0.3) is 0 Å². The lowest BCUT2D eigenvalue weighted by atomic mass is 9.94. The Kier molecular flexibility index (Phi) is 5.11. The molecule has 0 aliphatic carbocycles. The van der Waals surface area contributed by atoms with Crippen LogP contribution in [-0.4, -0.2) is 20.6 Å². The first-order valence-electron chi connectivity index (χ1n) is 5.65. The number of nitrogens with one attached hydrogen (secondary N) is 1. The van der Waals surface area contributed by atoms with E-state index >= 15 is 0 Å². The molecular formula is C12H16F3NO2S. The van der Waals surface area contributed by atoms with Crippen molar-refractivity contribution in [1.82, 2.24) is 5.32 Å². The van der Waals surface area contributed by atoms with Gasteiger partial charge in [0.2, 0.25) is 11.1 Å². The molecule has 19 heavy (non-hydrogen) atoms. The zero-order valence-electron chi connectivity index (χ0n) is 10.6. The van der Waals surface area contributed by atoms with Crippen LogP contribution in [-0.2, 0) is 16.6 Å². The van der Waals surface area contributed by atoms with Crippen LogP contribution in [0.4, 0.5) is 13.2 Å². The Morgan fingerprint density at radius 2 is 1.79 bits per heavy atom. The number of benzene rings is 1. The molecule has 1 aromatic rings. The van der Waals surface area contributed by atoms with Crippen molar-refractivity contribution in [3.05, 3.63) is 35.6 Å². The maximum Gasteiger partial charge on any atom is 0.346 e. The Bertz CT molecular complexity index is 449. The molecule has 2 N–H and O–H groups in total. The number of alkyl halides is 2. The van der Waals surface area contributed by atoms with Crippen molar-refractivity contribution in [1.29, 1.82) is 0 Å². The van der Waals surface area contributed by atoms with Crippen molar-refractivity contribution in [2.45, 2.75) is 31.1 Å². The lowest BCUT2D eigenvalue weighted by Crippen LogP contribution is -2.39. The molecule has 1 rings (SSSR count). The van der Waals surface area contributed by atoms with Crippen LogP contribution in [0, 0.1) is 5.82 Å². The highest BCUT2D eigenvalue weighted by atomic mass is 32.2. The molecule has 1 aromatic carbocycles. The summed E-state index contributed by atoms with van der Waals surface area (Å²) >= 11 is -3.17. The van der Waals surface area contributed by atoms with E-state index in [-0.39, 0.29) is 12.4 Å². The number of halogens is 3. The van der Waals surface area contributed by atoms with Gasteiger partial charge in [-0.3, -0.25) is 0 Å². The molecule has 0 saturated carbocycles. The maximum atomic E-state index is 12.9. The standard InChI is InChI=1S/C12H16F3NO2S/c1-11(2,9-3-5-10(13)6-4-9)16-8-7-12(14,15)19(17)18/h3-6,16H,7-8H2,1-2H3,(H,17,18). The molecule has 0 radical (unpaired) electrons. The van der Waals surface area contributed by atoms with Crippen molar-refractivity contribution < 1.29 is 21.9 Å². The largest absolute Gasteiger partial charge is 0.346 e. The summed E-state index contributed by atoms with van der Waals surface area (Å²) in [6, 6.07) is 5.70.